The van der Waals surface area contributed by atoms with Crippen molar-refractivity contribution in [2.24, 2.45) is 5.92 Å². The van der Waals surface area contributed by atoms with Crippen LogP contribution in [-0.2, 0) is 4.74 Å². The molecule has 0 heterocycles. The number of nitrogens with one attached hydrogen (secondary N) is 1. The lowest BCUT2D eigenvalue weighted by molar-refractivity contribution is -0.384. The third-order valence-corrected chi connectivity index (χ3v) is 3.03. The van der Waals surface area contributed by atoms with Gasteiger partial charge >= 0.3 is 0 Å². The molecule has 1 saturated carbocycles. The number of nitro benzene ring substituents is 1. The van der Waals surface area contributed by atoms with E-state index in [0.29, 0.717) is 24.4 Å². The molecule has 18 heavy (non-hydrogen) atoms. The highest BCUT2D eigenvalue weighted by Gasteiger charge is 2.21. The van der Waals surface area contributed by atoms with Gasteiger partial charge in [0.2, 0.25) is 0 Å². The molecule has 98 valence electrons. The van der Waals surface area contributed by atoms with Crippen molar-refractivity contribution in [2.45, 2.75) is 19.8 Å². The first-order valence-corrected chi connectivity index (χ1v) is 6.24. The predicted octanol–water partition coefficient (Wildman–Crippen LogP) is 2.74. The minimum Gasteiger partial charge on any atom is -0.379 e. The average molecular weight is 250 g/mol. The van der Waals surface area contributed by atoms with Crippen molar-refractivity contribution in [1.29, 1.82) is 0 Å². The van der Waals surface area contributed by atoms with E-state index in [-0.39, 0.29) is 10.6 Å². The molecule has 0 spiro atoms. The summed E-state index contributed by atoms with van der Waals surface area (Å²) in [6, 6.07) is 5.29. The molecule has 0 aliphatic heterocycles. The minimum absolute atomic E-state index is 0.152. The number of nitrogens with zero attached hydrogens (tertiary/aromatic N) is 1. The van der Waals surface area contributed by atoms with E-state index in [4.69, 9.17) is 4.74 Å². The number of nitro groups is 1. The summed E-state index contributed by atoms with van der Waals surface area (Å²) in [5, 5.41) is 14.0. The van der Waals surface area contributed by atoms with Gasteiger partial charge in [0, 0.05) is 18.7 Å². The van der Waals surface area contributed by atoms with Crippen LogP contribution in [0.1, 0.15) is 18.4 Å². The Hall–Kier alpha value is -1.62. The summed E-state index contributed by atoms with van der Waals surface area (Å²) in [6.07, 6.45) is 2.55. The summed E-state index contributed by atoms with van der Waals surface area (Å²) in [5.74, 6) is 0.748. The summed E-state index contributed by atoms with van der Waals surface area (Å²) in [4.78, 5) is 10.6. The van der Waals surface area contributed by atoms with E-state index in [1.54, 1.807) is 19.1 Å². The molecule has 1 aromatic rings. The van der Waals surface area contributed by atoms with Gasteiger partial charge in [-0.3, -0.25) is 10.1 Å². The topological polar surface area (TPSA) is 64.4 Å². The van der Waals surface area contributed by atoms with E-state index in [9.17, 15) is 10.1 Å². The smallest absolute Gasteiger partial charge is 0.295 e. The van der Waals surface area contributed by atoms with Gasteiger partial charge in [-0.1, -0.05) is 12.1 Å². The summed E-state index contributed by atoms with van der Waals surface area (Å²) < 4.78 is 5.48. The van der Waals surface area contributed by atoms with Crippen molar-refractivity contribution in [3.8, 4) is 0 Å². The molecule has 1 aliphatic carbocycles. The SMILES string of the molecule is Cc1cccc(NCCOCC2CC2)c1[N+](=O)[O-]. The summed E-state index contributed by atoms with van der Waals surface area (Å²) in [5.41, 5.74) is 1.39. The first-order chi connectivity index (χ1) is 8.68. The van der Waals surface area contributed by atoms with Gasteiger partial charge in [0.25, 0.3) is 5.69 Å². The largest absolute Gasteiger partial charge is 0.379 e. The molecule has 1 aliphatic rings. The number of ether oxygens (including phenoxy) is 1. The number of hydrogen-bond acceptors (Lipinski definition) is 4. The second kappa shape index (κ2) is 5.82. The second-order valence-corrected chi connectivity index (χ2v) is 4.67. The summed E-state index contributed by atoms with van der Waals surface area (Å²) >= 11 is 0. The van der Waals surface area contributed by atoms with Crippen LogP contribution in [-0.4, -0.2) is 24.7 Å². The molecule has 0 radical (unpaired) electrons. The van der Waals surface area contributed by atoms with E-state index >= 15 is 0 Å². The van der Waals surface area contributed by atoms with Gasteiger partial charge in [0.15, 0.2) is 0 Å². The Bertz CT molecular complexity index is 430. The Morgan fingerprint density at radius 1 is 1.50 bits per heavy atom. The number of rotatable bonds is 7. The van der Waals surface area contributed by atoms with Crippen LogP contribution < -0.4 is 5.32 Å². The zero-order valence-corrected chi connectivity index (χ0v) is 10.5. The molecule has 0 bridgehead atoms. The first-order valence-electron chi connectivity index (χ1n) is 6.24. The van der Waals surface area contributed by atoms with Crippen LogP contribution in [0.2, 0.25) is 0 Å². The first kappa shape index (κ1) is 12.8. The van der Waals surface area contributed by atoms with Crippen molar-refractivity contribution in [3.63, 3.8) is 0 Å². The van der Waals surface area contributed by atoms with Gasteiger partial charge in [-0.05, 0) is 31.7 Å². The monoisotopic (exact) mass is 250 g/mol. The van der Waals surface area contributed by atoms with Crippen molar-refractivity contribution in [2.75, 3.05) is 25.1 Å². The third-order valence-electron chi connectivity index (χ3n) is 3.03. The molecule has 5 heteroatoms. The van der Waals surface area contributed by atoms with Crippen LogP contribution >= 0.6 is 0 Å². The van der Waals surface area contributed by atoms with Gasteiger partial charge in [-0.15, -0.1) is 0 Å². The molecule has 1 fully saturated rings. The van der Waals surface area contributed by atoms with Gasteiger partial charge in [0.1, 0.15) is 5.69 Å². The normalized spacial score (nSPS) is 14.5. The Morgan fingerprint density at radius 3 is 2.94 bits per heavy atom. The van der Waals surface area contributed by atoms with Gasteiger partial charge in [-0.25, -0.2) is 0 Å². The number of anilines is 1. The highest BCUT2D eigenvalue weighted by molar-refractivity contribution is 5.64. The van der Waals surface area contributed by atoms with Gasteiger partial charge < -0.3 is 10.1 Å². The maximum atomic E-state index is 11.0. The molecule has 2 rings (SSSR count). The Kier molecular flexibility index (Phi) is 4.15. The Balaban J connectivity index is 1.83. The van der Waals surface area contributed by atoms with Crippen LogP contribution in [0.5, 0.6) is 0 Å². The minimum atomic E-state index is -0.345. The quantitative estimate of drug-likeness (QED) is 0.459. The van der Waals surface area contributed by atoms with Crippen LogP contribution in [0.15, 0.2) is 18.2 Å². The Morgan fingerprint density at radius 2 is 2.28 bits per heavy atom. The van der Waals surface area contributed by atoms with Crippen molar-refractivity contribution >= 4 is 11.4 Å². The second-order valence-electron chi connectivity index (χ2n) is 4.67. The van der Waals surface area contributed by atoms with Gasteiger partial charge in [-0.2, -0.15) is 0 Å². The average Bonchev–Trinajstić information content (AvgIpc) is 3.12. The molecule has 5 nitrogen and oxygen atoms in total. The van der Waals surface area contributed by atoms with E-state index < -0.39 is 0 Å². The summed E-state index contributed by atoms with van der Waals surface area (Å²) in [7, 11) is 0. The highest BCUT2D eigenvalue weighted by Crippen LogP contribution is 2.29. The number of para-hydroxylation sites is 1. The third kappa shape index (κ3) is 3.43. The standard InChI is InChI=1S/C13H18N2O3/c1-10-3-2-4-12(13(10)15(16)17)14-7-8-18-9-11-5-6-11/h2-4,11,14H,5-9H2,1H3. The molecular formula is C13H18N2O3. The lowest BCUT2D eigenvalue weighted by atomic mass is 10.1. The molecule has 0 amide bonds. The van der Waals surface area contributed by atoms with Crippen LogP contribution in [0.4, 0.5) is 11.4 Å². The van der Waals surface area contributed by atoms with Crippen LogP contribution in [0.25, 0.3) is 0 Å². The fourth-order valence-electron chi connectivity index (χ4n) is 1.84. The van der Waals surface area contributed by atoms with Crippen LogP contribution in [0.3, 0.4) is 0 Å². The van der Waals surface area contributed by atoms with E-state index in [1.165, 1.54) is 12.8 Å². The highest BCUT2D eigenvalue weighted by atomic mass is 16.6. The van der Waals surface area contributed by atoms with Crippen LogP contribution in [0, 0.1) is 23.0 Å². The molecule has 1 aromatic carbocycles. The van der Waals surface area contributed by atoms with Crippen molar-refractivity contribution in [3.05, 3.63) is 33.9 Å². The van der Waals surface area contributed by atoms with Crippen molar-refractivity contribution < 1.29 is 9.66 Å². The lowest BCUT2D eigenvalue weighted by Gasteiger charge is -2.08. The lowest BCUT2D eigenvalue weighted by Crippen LogP contribution is -2.12. The fraction of sp³-hybridized carbons (Fsp3) is 0.538. The molecule has 1 N–H and O–H groups in total. The van der Waals surface area contributed by atoms with E-state index in [1.807, 2.05) is 6.07 Å². The predicted molar refractivity (Wildman–Crippen MR) is 69.9 cm³/mol. The number of hydrogen-bond donors (Lipinski definition) is 1. The molecule has 0 aromatic heterocycles. The molecule has 0 unspecified atom stereocenters. The van der Waals surface area contributed by atoms with Gasteiger partial charge in [0.05, 0.1) is 11.5 Å². The summed E-state index contributed by atoms with van der Waals surface area (Å²) in [6.45, 7) is 3.74. The molecular weight excluding hydrogens is 232 g/mol. The van der Waals surface area contributed by atoms with E-state index in [0.717, 1.165) is 12.5 Å². The maximum Gasteiger partial charge on any atom is 0.295 e. The molecule has 0 saturated heterocycles. The number of aryl methyl sites for hydroxylation is 1. The Labute approximate surface area is 106 Å². The maximum absolute atomic E-state index is 11.0. The number of benzene rings is 1. The zero-order valence-electron chi connectivity index (χ0n) is 10.5. The van der Waals surface area contributed by atoms with E-state index in [2.05, 4.69) is 5.32 Å². The molecule has 0 atom stereocenters. The fourth-order valence-corrected chi connectivity index (χ4v) is 1.84. The van der Waals surface area contributed by atoms with Crippen molar-refractivity contribution in [1.82, 2.24) is 0 Å². The zero-order chi connectivity index (χ0) is 13.0.